The molecule has 0 aliphatic carbocycles. The monoisotopic (exact) mass is 337 g/mol. The first-order valence-corrected chi connectivity index (χ1v) is 7.38. The van der Waals surface area contributed by atoms with Crippen molar-refractivity contribution in [2.75, 3.05) is 19.4 Å². The van der Waals surface area contributed by atoms with E-state index in [1.165, 1.54) is 17.8 Å². The van der Waals surface area contributed by atoms with Crippen molar-refractivity contribution in [3.8, 4) is 0 Å². The Morgan fingerprint density at radius 1 is 1.42 bits per heavy atom. The van der Waals surface area contributed by atoms with Crippen molar-refractivity contribution < 1.29 is 24.9 Å². The molecule has 4 atom stereocenters. The van der Waals surface area contributed by atoms with Crippen LogP contribution in [0, 0.1) is 6.92 Å². The van der Waals surface area contributed by atoms with Crippen LogP contribution >= 0.6 is 0 Å². The van der Waals surface area contributed by atoms with E-state index in [0.29, 0.717) is 16.9 Å². The molecule has 3 rings (SSSR count). The van der Waals surface area contributed by atoms with Crippen LogP contribution in [-0.4, -0.2) is 67.7 Å². The number of aromatic nitrogens is 3. The zero-order chi connectivity index (χ0) is 17.6. The van der Waals surface area contributed by atoms with E-state index in [-0.39, 0.29) is 11.4 Å². The molecule has 1 aliphatic rings. The Morgan fingerprint density at radius 3 is 2.71 bits per heavy atom. The van der Waals surface area contributed by atoms with Crippen molar-refractivity contribution in [1.82, 2.24) is 19.9 Å². The van der Waals surface area contributed by atoms with E-state index < -0.39 is 37.1 Å². The molecule has 1 saturated heterocycles. The smallest absolute Gasteiger partial charge is 0.253 e. The number of hydrogen-bond donors (Lipinski definition) is 5. The third-order valence-corrected chi connectivity index (χ3v) is 4.07. The summed E-state index contributed by atoms with van der Waals surface area (Å²) in [4.78, 5) is 20.5. The maximum absolute atomic E-state index is 12.1. The summed E-state index contributed by atoms with van der Waals surface area (Å²) in [5, 5.41) is 32.3. The molecule has 1 amide bonds. The van der Waals surface area contributed by atoms with Crippen molar-refractivity contribution in [2.45, 2.75) is 31.5 Å². The van der Waals surface area contributed by atoms with Gasteiger partial charge in [0, 0.05) is 13.2 Å². The third-order valence-electron chi connectivity index (χ3n) is 4.07. The van der Waals surface area contributed by atoms with Crippen LogP contribution in [0.4, 0.5) is 5.82 Å². The van der Waals surface area contributed by atoms with Crippen molar-refractivity contribution in [3.05, 3.63) is 17.6 Å². The normalized spacial score (nSPS) is 26.9. The van der Waals surface area contributed by atoms with Gasteiger partial charge in [-0.2, -0.15) is 0 Å². The minimum absolute atomic E-state index is 0.126. The standard InChI is InChI=1S/C14H19N5O5/c1-5-17-11(15)8-6(13(23)16-2)3-19(12(8)18-5)14-10(22)9(21)7(4-20)24-14/h3,7,9-10,14,20-22H,4H2,1-2H3,(H,16,23)(H2,15,17,18)/t7-,9-,10-,14-/m1/s1. The van der Waals surface area contributed by atoms with Crippen LogP contribution in [0.15, 0.2) is 6.20 Å². The molecular formula is C14H19N5O5. The Kier molecular flexibility index (Phi) is 4.13. The number of nitrogen functional groups attached to an aromatic ring is 1. The summed E-state index contributed by atoms with van der Waals surface area (Å²) in [5.41, 5.74) is 6.46. The van der Waals surface area contributed by atoms with E-state index in [1.807, 2.05) is 0 Å². The molecule has 0 bridgehead atoms. The molecule has 1 fully saturated rings. The average molecular weight is 337 g/mol. The van der Waals surface area contributed by atoms with Gasteiger partial charge in [0.1, 0.15) is 35.6 Å². The number of ether oxygens (including phenoxy) is 1. The van der Waals surface area contributed by atoms with E-state index in [0.717, 1.165) is 0 Å². The molecule has 3 heterocycles. The number of carbonyl (C=O) groups excluding carboxylic acids is 1. The predicted molar refractivity (Wildman–Crippen MR) is 83.1 cm³/mol. The molecule has 10 nitrogen and oxygen atoms in total. The van der Waals surface area contributed by atoms with Gasteiger partial charge in [-0.25, -0.2) is 9.97 Å². The van der Waals surface area contributed by atoms with Crippen molar-refractivity contribution in [2.24, 2.45) is 0 Å². The number of fused-ring (bicyclic) bond motifs is 1. The lowest BCUT2D eigenvalue weighted by Gasteiger charge is -2.17. The zero-order valence-electron chi connectivity index (χ0n) is 13.2. The lowest BCUT2D eigenvalue weighted by atomic mass is 10.1. The molecule has 0 spiro atoms. The number of aliphatic hydroxyl groups excluding tert-OH is 3. The van der Waals surface area contributed by atoms with Crippen molar-refractivity contribution in [3.63, 3.8) is 0 Å². The lowest BCUT2D eigenvalue weighted by molar-refractivity contribution is -0.0509. The first-order chi connectivity index (χ1) is 11.4. The summed E-state index contributed by atoms with van der Waals surface area (Å²) < 4.78 is 6.94. The van der Waals surface area contributed by atoms with E-state index >= 15 is 0 Å². The number of hydrogen-bond acceptors (Lipinski definition) is 8. The summed E-state index contributed by atoms with van der Waals surface area (Å²) >= 11 is 0. The first-order valence-electron chi connectivity index (χ1n) is 7.38. The largest absolute Gasteiger partial charge is 0.394 e. The van der Waals surface area contributed by atoms with Gasteiger partial charge >= 0.3 is 0 Å². The SMILES string of the molecule is CNC(=O)c1cn([C@@H]2O[C@H](CO)[C@@H](O)[C@H]2O)c2nc(C)nc(N)c12. The summed E-state index contributed by atoms with van der Waals surface area (Å²) in [7, 11) is 1.48. The number of rotatable bonds is 3. The fourth-order valence-electron chi connectivity index (χ4n) is 2.90. The molecule has 0 radical (unpaired) electrons. The third kappa shape index (κ3) is 2.40. The van der Waals surface area contributed by atoms with Gasteiger partial charge in [0.25, 0.3) is 5.91 Å². The number of carbonyl (C=O) groups is 1. The zero-order valence-corrected chi connectivity index (χ0v) is 13.2. The van der Waals surface area contributed by atoms with Crippen molar-refractivity contribution >= 4 is 22.8 Å². The predicted octanol–water partition coefficient (Wildman–Crippen LogP) is -1.71. The van der Waals surface area contributed by atoms with Crippen LogP contribution in [0.5, 0.6) is 0 Å². The molecule has 2 aromatic heterocycles. The Labute approximate surface area is 136 Å². The Balaban J connectivity index is 2.20. The molecule has 0 saturated carbocycles. The molecule has 0 unspecified atom stereocenters. The number of nitrogens with one attached hydrogen (secondary N) is 1. The molecule has 130 valence electrons. The minimum atomic E-state index is -1.30. The molecule has 10 heteroatoms. The van der Waals surface area contributed by atoms with Crippen LogP contribution in [0.1, 0.15) is 22.4 Å². The Bertz CT molecular complexity index is 791. The maximum atomic E-state index is 12.1. The van der Waals surface area contributed by atoms with Gasteiger partial charge in [0.05, 0.1) is 17.6 Å². The van der Waals surface area contributed by atoms with Crippen molar-refractivity contribution in [1.29, 1.82) is 0 Å². The van der Waals surface area contributed by atoms with Crippen LogP contribution in [0.3, 0.4) is 0 Å². The van der Waals surface area contributed by atoms with Crippen LogP contribution < -0.4 is 11.1 Å². The van der Waals surface area contributed by atoms with E-state index in [1.54, 1.807) is 6.92 Å². The molecule has 6 N–H and O–H groups in total. The lowest BCUT2D eigenvalue weighted by Crippen LogP contribution is -2.33. The highest BCUT2D eigenvalue weighted by Crippen LogP contribution is 2.34. The van der Waals surface area contributed by atoms with Gasteiger partial charge in [-0.3, -0.25) is 4.79 Å². The Hall–Kier alpha value is -2.27. The van der Waals surface area contributed by atoms with E-state index in [4.69, 9.17) is 10.5 Å². The second-order valence-corrected chi connectivity index (χ2v) is 5.61. The van der Waals surface area contributed by atoms with Crippen LogP contribution in [0.2, 0.25) is 0 Å². The highest BCUT2D eigenvalue weighted by Gasteiger charge is 2.44. The number of nitrogens with two attached hydrogens (primary N) is 1. The Morgan fingerprint density at radius 2 is 2.12 bits per heavy atom. The molecule has 1 aliphatic heterocycles. The summed E-state index contributed by atoms with van der Waals surface area (Å²) in [6, 6.07) is 0. The first kappa shape index (κ1) is 16.6. The fourth-order valence-corrected chi connectivity index (χ4v) is 2.90. The summed E-state index contributed by atoms with van der Waals surface area (Å²) in [5.74, 6) is 0.112. The number of amides is 1. The number of aliphatic hydroxyl groups is 3. The van der Waals surface area contributed by atoms with Crippen LogP contribution in [-0.2, 0) is 4.74 Å². The fraction of sp³-hybridized carbons (Fsp3) is 0.500. The van der Waals surface area contributed by atoms with Gasteiger partial charge in [-0.1, -0.05) is 0 Å². The second kappa shape index (κ2) is 5.98. The highest BCUT2D eigenvalue weighted by atomic mass is 16.6. The average Bonchev–Trinajstić information content (AvgIpc) is 3.06. The second-order valence-electron chi connectivity index (χ2n) is 5.61. The number of aryl methyl sites for hydroxylation is 1. The van der Waals surface area contributed by atoms with Gasteiger partial charge in [-0.05, 0) is 6.92 Å². The molecule has 24 heavy (non-hydrogen) atoms. The van der Waals surface area contributed by atoms with E-state index in [2.05, 4.69) is 15.3 Å². The molecular weight excluding hydrogens is 318 g/mol. The highest BCUT2D eigenvalue weighted by molar-refractivity contribution is 6.09. The summed E-state index contributed by atoms with van der Waals surface area (Å²) in [6.07, 6.45) is -3.08. The summed E-state index contributed by atoms with van der Waals surface area (Å²) in [6.45, 7) is 1.19. The number of nitrogens with zero attached hydrogens (tertiary/aromatic N) is 3. The minimum Gasteiger partial charge on any atom is -0.394 e. The van der Waals surface area contributed by atoms with E-state index in [9.17, 15) is 20.1 Å². The molecule has 0 aromatic carbocycles. The van der Waals surface area contributed by atoms with Gasteiger partial charge in [-0.15, -0.1) is 0 Å². The topological polar surface area (TPSA) is 156 Å². The number of anilines is 1. The quantitative estimate of drug-likeness (QED) is 0.443. The maximum Gasteiger partial charge on any atom is 0.253 e. The van der Waals surface area contributed by atoms with Crippen LogP contribution in [0.25, 0.3) is 11.0 Å². The molecule has 2 aromatic rings. The van der Waals surface area contributed by atoms with Gasteiger partial charge < -0.3 is 35.7 Å². The van der Waals surface area contributed by atoms with Gasteiger partial charge in [0.15, 0.2) is 6.23 Å². The van der Waals surface area contributed by atoms with Gasteiger partial charge in [0.2, 0.25) is 0 Å².